The highest BCUT2D eigenvalue weighted by atomic mass is 127. The molecule has 2 aromatic carbocycles. The molecule has 0 radical (unpaired) electrons. The van der Waals surface area contributed by atoms with Crippen molar-refractivity contribution in [2.75, 3.05) is 138 Å². The van der Waals surface area contributed by atoms with Crippen LogP contribution in [-0.4, -0.2) is 255 Å². The number of aliphatic carboxylic acids is 1. The van der Waals surface area contributed by atoms with Crippen LogP contribution in [0.5, 0.6) is 5.75 Å². The zero-order chi connectivity index (χ0) is 63.1. The van der Waals surface area contributed by atoms with E-state index >= 15 is 0 Å². The van der Waals surface area contributed by atoms with E-state index < -0.39 is 42.2 Å². The Morgan fingerprint density at radius 2 is 1.47 bits per heavy atom. The van der Waals surface area contributed by atoms with Gasteiger partial charge in [0.15, 0.2) is 0 Å². The van der Waals surface area contributed by atoms with Crippen LogP contribution < -0.4 is 26.1 Å². The number of nitrogens with zero attached hydrogens (tertiary/aromatic N) is 10. The predicted octanol–water partition coefficient (Wildman–Crippen LogP) is 2.01. The number of hydrogen-bond acceptors (Lipinski definition) is 20. The number of likely N-dealkylation sites (tertiary alicyclic amines) is 1. The van der Waals surface area contributed by atoms with Crippen LogP contribution in [0.15, 0.2) is 59.8 Å². The minimum atomic E-state index is -1.68. The first kappa shape index (κ1) is 69.9. The lowest BCUT2D eigenvalue weighted by atomic mass is 10.1. The molecular weight excluding hydrogens is 1250 g/mol. The molecule has 3 atom stereocenters. The van der Waals surface area contributed by atoms with Gasteiger partial charge in [-0.25, -0.2) is 4.39 Å². The summed E-state index contributed by atoms with van der Waals surface area (Å²) in [5.74, 6) is -1.86. The van der Waals surface area contributed by atoms with Crippen molar-refractivity contribution in [1.82, 2.24) is 60.7 Å². The molecule has 1 unspecified atom stereocenters. The van der Waals surface area contributed by atoms with E-state index in [1.165, 1.54) is 18.7 Å². The number of carboxylic acid groups (broad SMARTS) is 1. The highest BCUT2D eigenvalue weighted by Gasteiger charge is 2.43. The van der Waals surface area contributed by atoms with Gasteiger partial charge < -0.3 is 45.1 Å². The molecule has 88 heavy (non-hydrogen) atoms. The Bertz CT molecular complexity index is 2830. The minimum Gasteiger partial charge on any atom is -0.494 e. The quantitative estimate of drug-likeness (QED) is 0.0145. The van der Waals surface area contributed by atoms with Crippen molar-refractivity contribution in [2.24, 2.45) is 5.10 Å². The summed E-state index contributed by atoms with van der Waals surface area (Å²) in [6, 6.07) is 16.1. The van der Waals surface area contributed by atoms with Crippen LogP contribution in [0.25, 0.3) is 10.9 Å². The first-order chi connectivity index (χ1) is 42.5. The van der Waals surface area contributed by atoms with Crippen LogP contribution in [0, 0.1) is 14.9 Å². The van der Waals surface area contributed by atoms with Crippen LogP contribution in [-0.2, 0) is 49.5 Å². The molecule has 3 aliphatic heterocycles. The molecule has 6 rings (SSSR count). The van der Waals surface area contributed by atoms with Crippen molar-refractivity contribution in [3.05, 3.63) is 69.4 Å². The number of aromatic nitrogens is 1. The summed E-state index contributed by atoms with van der Waals surface area (Å²) >= 11 is 2.26. The number of pyridine rings is 1. The van der Waals surface area contributed by atoms with Crippen molar-refractivity contribution in [3.8, 4) is 11.8 Å². The number of nitrogens with one attached hydrogen (secondary N) is 4. The van der Waals surface area contributed by atoms with Crippen LogP contribution in [0.3, 0.4) is 0 Å². The summed E-state index contributed by atoms with van der Waals surface area (Å²) in [6.07, 6.45) is 7.43. The molecule has 4 heterocycles. The number of hydrogen-bond donors (Lipinski definition) is 5. The van der Waals surface area contributed by atoms with Gasteiger partial charge in [0.05, 0.1) is 49.9 Å². The maximum atomic E-state index is 14.6. The summed E-state index contributed by atoms with van der Waals surface area (Å²) < 4.78 is 31.9. The Morgan fingerprint density at radius 1 is 0.807 bits per heavy atom. The largest absolute Gasteiger partial charge is 0.494 e. The standard InChI is InChI=1S/C60H84FIN14O12/c1-60(61)36-48(37-63)76(41-60)57(82)38-66-59(85)50-17-20-64-52-16-15-49(35-51(50)52)88-34-6-21-70-30-32-75(33-31-70)56(81)10-5-19-67-69-53(8-2-3-18-65-54(79)9-4-7-46-11-13-47(62)14-12-46)68-55(80)39-71-22-23-72(40-58(83)84)25-27-74(43-87-45-78)29-28-73(26-24-71)42-86-44-77/h11-17,19-20,35,44-45,48,53,69H,2-10,18,21-34,36,38-43H2,1H3,(H,65,79)(H,66,85)(H,68,80)(H,83,84)/b67-19-/t48-,53-,60?/m1/s1. The molecule has 5 N–H and O–H groups in total. The Morgan fingerprint density at radius 3 is 2.12 bits per heavy atom. The molecule has 3 fully saturated rings. The molecule has 26 nitrogen and oxygen atoms in total. The number of aryl methyl sites for hydroxylation is 1. The molecule has 0 spiro atoms. The van der Waals surface area contributed by atoms with Crippen LogP contribution in [0.4, 0.5) is 4.39 Å². The number of carboxylic acids is 1. The van der Waals surface area contributed by atoms with Gasteiger partial charge in [0.25, 0.3) is 18.9 Å². The van der Waals surface area contributed by atoms with E-state index in [0.29, 0.717) is 160 Å². The number of benzene rings is 2. The average molecular weight is 1340 g/mol. The van der Waals surface area contributed by atoms with Gasteiger partial charge in [0, 0.05) is 132 Å². The number of carbonyl (C=O) groups is 8. The maximum Gasteiger partial charge on any atom is 0.317 e. The molecule has 3 aromatic rings. The van der Waals surface area contributed by atoms with Crippen molar-refractivity contribution < 1.29 is 62.1 Å². The first-order valence-corrected chi connectivity index (χ1v) is 31.1. The normalized spacial score (nSPS) is 19.0. The minimum absolute atomic E-state index is 0.00117. The van der Waals surface area contributed by atoms with Gasteiger partial charge in [-0.15, -0.1) is 0 Å². The van der Waals surface area contributed by atoms with E-state index in [2.05, 4.69) is 71.1 Å². The lowest BCUT2D eigenvalue weighted by Gasteiger charge is -2.34. The van der Waals surface area contributed by atoms with Gasteiger partial charge in [0.1, 0.15) is 37.1 Å². The summed E-state index contributed by atoms with van der Waals surface area (Å²) in [4.78, 5) is 117. The Balaban J connectivity index is 0.947. The number of amides is 5. The number of hydrazone groups is 1. The van der Waals surface area contributed by atoms with Crippen molar-refractivity contribution in [3.63, 3.8) is 0 Å². The SMILES string of the molecule is CC1(F)C[C@H](C#N)N(C(=O)CNC(=O)c2ccnc3ccc(OCCCN4CCN(C(=O)CC/C=N\N[C@H](CCCCNC(=O)CCCc5ccc(I)cc5)NC(=O)CN5CCN(COC=O)CCN(COC=O)CCN(CC(=O)O)CC5)CC4)cc23)C1. The second-order valence-electron chi connectivity index (χ2n) is 22.3. The van der Waals surface area contributed by atoms with Gasteiger partial charge in [0.2, 0.25) is 23.6 Å². The first-order valence-electron chi connectivity index (χ1n) is 30.0. The monoisotopic (exact) mass is 1340 g/mol. The van der Waals surface area contributed by atoms with Crippen molar-refractivity contribution >= 4 is 88.2 Å². The Kier molecular flexibility index (Phi) is 29.9. The Hall–Kier alpha value is -7.17. The molecule has 3 saturated heterocycles. The molecular formula is C60H84FIN14O12. The summed E-state index contributed by atoms with van der Waals surface area (Å²) in [6.45, 7) is 8.38. The summed E-state index contributed by atoms with van der Waals surface area (Å²) in [5.41, 5.74) is 3.42. The molecule has 28 heteroatoms. The molecule has 480 valence electrons. The van der Waals surface area contributed by atoms with Crippen LogP contribution in [0.1, 0.15) is 80.6 Å². The van der Waals surface area contributed by atoms with Crippen LogP contribution in [0.2, 0.25) is 0 Å². The van der Waals surface area contributed by atoms with E-state index in [-0.39, 0.29) is 69.2 Å². The van der Waals surface area contributed by atoms with Gasteiger partial charge >= 0.3 is 5.97 Å². The van der Waals surface area contributed by atoms with E-state index in [9.17, 15) is 53.1 Å². The number of piperazine rings is 1. The number of fused-ring (bicyclic) bond motifs is 1. The van der Waals surface area contributed by atoms with Gasteiger partial charge in [-0.1, -0.05) is 12.1 Å². The number of alkyl halides is 1. The molecule has 0 saturated carbocycles. The number of halogens is 2. The highest BCUT2D eigenvalue weighted by Crippen LogP contribution is 2.30. The lowest BCUT2D eigenvalue weighted by molar-refractivity contribution is -0.139. The van der Waals surface area contributed by atoms with Crippen molar-refractivity contribution in [1.29, 1.82) is 5.26 Å². The topological polar surface area (TPSA) is 304 Å². The summed E-state index contributed by atoms with van der Waals surface area (Å²) in [5, 5.41) is 32.8. The van der Waals surface area contributed by atoms with Crippen molar-refractivity contribution in [2.45, 2.75) is 89.0 Å². The van der Waals surface area contributed by atoms with Gasteiger partial charge in [-0.2, -0.15) is 10.4 Å². The lowest BCUT2D eigenvalue weighted by Crippen LogP contribution is -2.51. The maximum absolute atomic E-state index is 14.6. The fourth-order valence-electron chi connectivity index (χ4n) is 10.6. The van der Waals surface area contributed by atoms with Crippen LogP contribution >= 0.6 is 22.6 Å². The third kappa shape index (κ3) is 25.1. The number of nitriles is 1. The van der Waals surface area contributed by atoms with E-state index in [1.807, 2.05) is 37.8 Å². The molecule has 0 aliphatic carbocycles. The average Bonchev–Trinajstić information content (AvgIpc) is 3.66. The molecule has 5 amide bonds. The van der Waals surface area contributed by atoms with Gasteiger partial charge in [-0.05, 0) is 116 Å². The molecule has 1 aromatic heterocycles. The zero-order valence-electron chi connectivity index (χ0n) is 50.2. The fraction of sp³-hybridized carbons (Fsp3) is 0.583. The predicted molar refractivity (Wildman–Crippen MR) is 332 cm³/mol. The van der Waals surface area contributed by atoms with E-state index in [1.54, 1.807) is 35.4 Å². The molecule has 3 aliphatic rings. The smallest absolute Gasteiger partial charge is 0.317 e. The fourth-order valence-corrected chi connectivity index (χ4v) is 10.9. The number of carbonyl (C=O) groups excluding carboxylic acids is 7. The number of unbranched alkanes of at least 4 members (excludes halogenated alkanes) is 1. The molecule has 0 bridgehead atoms. The van der Waals surface area contributed by atoms with E-state index in [0.717, 1.165) is 27.9 Å². The second kappa shape index (κ2) is 37.6. The highest BCUT2D eigenvalue weighted by molar-refractivity contribution is 14.1. The zero-order valence-corrected chi connectivity index (χ0v) is 52.3. The number of ether oxygens (including phenoxy) is 3. The Labute approximate surface area is 526 Å². The van der Waals surface area contributed by atoms with Gasteiger partial charge in [-0.3, -0.25) is 73.3 Å². The third-order valence-electron chi connectivity index (χ3n) is 15.4. The third-order valence-corrected chi connectivity index (χ3v) is 16.1. The second-order valence-corrected chi connectivity index (χ2v) is 23.6. The van der Waals surface area contributed by atoms with E-state index in [4.69, 9.17) is 14.2 Å². The summed E-state index contributed by atoms with van der Waals surface area (Å²) in [7, 11) is 0. The number of rotatable bonds is 33.